The number of aromatic carboxylic acids is 1. The zero-order valence-corrected chi connectivity index (χ0v) is 10.2. The number of rotatable bonds is 6. The van der Waals surface area contributed by atoms with Crippen molar-refractivity contribution < 1.29 is 23.1 Å². The van der Waals surface area contributed by atoms with Gasteiger partial charge in [0, 0.05) is 13.1 Å². The van der Waals surface area contributed by atoms with E-state index in [1.54, 1.807) is 0 Å². The summed E-state index contributed by atoms with van der Waals surface area (Å²) in [5, 5.41) is 8.72. The number of hydrogen-bond acceptors (Lipinski definition) is 2. The maximum absolute atomic E-state index is 12.3. The predicted molar refractivity (Wildman–Crippen MR) is 64.9 cm³/mol. The Kier molecular flexibility index (Phi) is 5.11. The molecule has 0 aliphatic rings. The molecule has 0 spiro atoms. The minimum absolute atomic E-state index is 0.0887. The monoisotopic (exact) mass is 273 g/mol. The Bertz CT molecular complexity index is 440. The molecule has 0 heterocycles. The lowest BCUT2D eigenvalue weighted by molar-refractivity contribution is -0.145. The van der Waals surface area contributed by atoms with E-state index in [2.05, 4.69) is 6.58 Å². The molecule has 0 radical (unpaired) electrons. The van der Waals surface area contributed by atoms with Gasteiger partial charge in [-0.2, -0.15) is 13.2 Å². The number of carbonyl (C=O) groups is 1. The van der Waals surface area contributed by atoms with Crippen LogP contribution in [-0.4, -0.2) is 35.2 Å². The summed E-state index contributed by atoms with van der Waals surface area (Å²) >= 11 is 0. The van der Waals surface area contributed by atoms with E-state index in [4.69, 9.17) is 5.11 Å². The van der Waals surface area contributed by atoms with Crippen molar-refractivity contribution in [1.29, 1.82) is 0 Å². The van der Waals surface area contributed by atoms with Crippen molar-refractivity contribution in [2.75, 3.05) is 13.1 Å². The standard InChI is InChI=1S/C13H14F3NO2/c1-2-7-17(9-13(14,15)16)8-10-3-5-11(6-4-10)12(18)19/h2-6H,1,7-9H2,(H,18,19). The van der Waals surface area contributed by atoms with Gasteiger partial charge in [-0.15, -0.1) is 6.58 Å². The maximum atomic E-state index is 12.3. The van der Waals surface area contributed by atoms with Crippen molar-refractivity contribution in [3.63, 3.8) is 0 Å². The molecular weight excluding hydrogens is 259 g/mol. The van der Waals surface area contributed by atoms with Crippen molar-refractivity contribution in [1.82, 2.24) is 4.90 Å². The van der Waals surface area contributed by atoms with E-state index in [-0.39, 0.29) is 18.7 Å². The molecule has 0 saturated heterocycles. The van der Waals surface area contributed by atoms with Crippen LogP contribution in [0.4, 0.5) is 13.2 Å². The fraction of sp³-hybridized carbons (Fsp3) is 0.308. The molecule has 0 aliphatic carbocycles. The Labute approximate surface area is 109 Å². The Morgan fingerprint density at radius 2 is 1.89 bits per heavy atom. The van der Waals surface area contributed by atoms with Gasteiger partial charge in [0.05, 0.1) is 12.1 Å². The second kappa shape index (κ2) is 6.38. The molecule has 0 aliphatic heterocycles. The quantitative estimate of drug-likeness (QED) is 0.810. The summed E-state index contributed by atoms with van der Waals surface area (Å²) in [4.78, 5) is 11.8. The van der Waals surface area contributed by atoms with Gasteiger partial charge in [-0.3, -0.25) is 4.90 Å². The van der Waals surface area contributed by atoms with E-state index in [1.807, 2.05) is 0 Å². The van der Waals surface area contributed by atoms with Gasteiger partial charge in [-0.25, -0.2) is 4.79 Å². The first-order valence-electron chi connectivity index (χ1n) is 5.54. The van der Waals surface area contributed by atoms with Gasteiger partial charge in [0.25, 0.3) is 0 Å². The van der Waals surface area contributed by atoms with Crippen molar-refractivity contribution in [3.05, 3.63) is 48.0 Å². The SMILES string of the molecule is C=CCN(Cc1ccc(C(=O)O)cc1)CC(F)(F)F. The van der Waals surface area contributed by atoms with Gasteiger partial charge < -0.3 is 5.11 Å². The number of carboxylic acid groups (broad SMARTS) is 1. The van der Waals surface area contributed by atoms with E-state index in [9.17, 15) is 18.0 Å². The topological polar surface area (TPSA) is 40.5 Å². The van der Waals surface area contributed by atoms with Crippen molar-refractivity contribution >= 4 is 5.97 Å². The van der Waals surface area contributed by atoms with E-state index in [1.165, 1.54) is 35.2 Å². The average molecular weight is 273 g/mol. The number of halogens is 3. The largest absolute Gasteiger partial charge is 0.478 e. The molecule has 0 fully saturated rings. The molecule has 3 nitrogen and oxygen atoms in total. The number of carboxylic acids is 1. The zero-order chi connectivity index (χ0) is 14.5. The Morgan fingerprint density at radius 1 is 1.32 bits per heavy atom. The van der Waals surface area contributed by atoms with Gasteiger partial charge in [0.15, 0.2) is 0 Å². The first kappa shape index (κ1) is 15.2. The molecule has 6 heteroatoms. The van der Waals surface area contributed by atoms with Crippen LogP contribution in [-0.2, 0) is 6.54 Å². The van der Waals surface area contributed by atoms with Crippen LogP contribution in [0.15, 0.2) is 36.9 Å². The van der Waals surface area contributed by atoms with Gasteiger partial charge in [0.1, 0.15) is 0 Å². The van der Waals surface area contributed by atoms with Crippen molar-refractivity contribution in [2.24, 2.45) is 0 Å². The molecule has 1 N–H and O–H groups in total. The molecule has 19 heavy (non-hydrogen) atoms. The molecule has 0 aromatic heterocycles. The average Bonchev–Trinajstić information content (AvgIpc) is 2.27. The highest BCUT2D eigenvalue weighted by Gasteiger charge is 2.30. The Hall–Kier alpha value is -1.82. The molecule has 0 atom stereocenters. The van der Waals surface area contributed by atoms with E-state index in [0.29, 0.717) is 5.56 Å². The summed E-state index contributed by atoms with van der Waals surface area (Å²) in [6, 6.07) is 5.76. The van der Waals surface area contributed by atoms with Gasteiger partial charge >= 0.3 is 12.1 Å². The molecule has 0 bridgehead atoms. The van der Waals surface area contributed by atoms with Crippen LogP contribution in [0.1, 0.15) is 15.9 Å². The molecule has 0 unspecified atom stereocenters. The van der Waals surface area contributed by atoms with Crippen LogP contribution in [0, 0.1) is 0 Å². The number of alkyl halides is 3. The smallest absolute Gasteiger partial charge is 0.401 e. The third-order valence-electron chi connectivity index (χ3n) is 2.40. The minimum Gasteiger partial charge on any atom is -0.478 e. The fourth-order valence-corrected chi connectivity index (χ4v) is 1.63. The Balaban J connectivity index is 2.73. The molecule has 1 rings (SSSR count). The van der Waals surface area contributed by atoms with Crippen LogP contribution in [0.25, 0.3) is 0 Å². The highest BCUT2D eigenvalue weighted by atomic mass is 19.4. The van der Waals surface area contributed by atoms with Crippen LogP contribution in [0.2, 0.25) is 0 Å². The molecule has 0 saturated carbocycles. The minimum atomic E-state index is -4.27. The molecule has 104 valence electrons. The molecule has 1 aromatic carbocycles. The van der Waals surface area contributed by atoms with Gasteiger partial charge in [0.2, 0.25) is 0 Å². The van der Waals surface area contributed by atoms with Gasteiger partial charge in [-0.1, -0.05) is 18.2 Å². The summed E-state index contributed by atoms with van der Waals surface area (Å²) in [7, 11) is 0. The maximum Gasteiger partial charge on any atom is 0.401 e. The van der Waals surface area contributed by atoms with Crippen LogP contribution < -0.4 is 0 Å². The summed E-state index contributed by atoms with van der Waals surface area (Å²) in [6.45, 7) is 2.59. The van der Waals surface area contributed by atoms with Crippen molar-refractivity contribution in [2.45, 2.75) is 12.7 Å². The molecule has 1 aromatic rings. The van der Waals surface area contributed by atoms with E-state index in [0.717, 1.165) is 0 Å². The predicted octanol–water partition coefficient (Wildman–Crippen LogP) is 2.94. The zero-order valence-electron chi connectivity index (χ0n) is 10.2. The summed E-state index contributed by atoms with van der Waals surface area (Å²) < 4.78 is 37.0. The first-order chi connectivity index (χ1) is 8.81. The fourth-order valence-electron chi connectivity index (χ4n) is 1.63. The molecular formula is C13H14F3NO2. The lowest BCUT2D eigenvalue weighted by atomic mass is 10.1. The van der Waals surface area contributed by atoms with Crippen LogP contribution in [0.5, 0.6) is 0 Å². The lowest BCUT2D eigenvalue weighted by Gasteiger charge is -2.22. The lowest BCUT2D eigenvalue weighted by Crippen LogP contribution is -2.33. The normalized spacial score (nSPS) is 11.6. The second-order valence-electron chi connectivity index (χ2n) is 4.08. The highest BCUT2D eigenvalue weighted by Crippen LogP contribution is 2.18. The number of hydrogen-bond donors (Lipinski definition) is 1. The first-order valence-corrected chi connectivity index (χ1v) is 5.54. The summed E-state index contributed by atoms with van der Waals surface area (Å²) in [5.74, 6) is -1.07. The highest BCUT2D eigenvalue weighted by molar-refractivity contribution is 5.87. The third-order valence-corrected chi connectivity index (χ3v) is 2.40. The van der Waals surface area contributed by atoms with Crippen molar-refractivity contribution in [3.8, 4) is 0 Å². The number of nitrogens with zero attached hydrogens (tertiary/aromatic N) is 1. The van der Waals surface area contributed by atoms with E-state index >= 15 is 0 Å². The third kappa shape index (κ3) is 5.56. The van der Waals surface area contributed by atoms with Gasteiger partial charge in [-0.05, 0) is 17.7 Å². The summed E-state index contributed by atoms with van der Waals surface area (Å²) in [5.41, 5.74) is 0.728. The Morgan fingerprint density at radius 3 is 2.32 bits per heavy atom. The molecule has 0 amide bonds. The van der Waals surface area contributed by atoms with Crippen LogP contribution >= 0.6 is 0 Å². The van der Waals surface area contributed by atoms with E-state index < -0.39 is 18.7 Å². The van der Waals surface area contributed by atoms with Crippen LogP contribution in [0.3, 0.4) is 0 Å². The summed E-state index contributed by atoms with van der Waals surface area (Å²) in [6.07, 6.45) is -2.87. The second-order valence-corrected chi connectivity index (χ2v) is 4.08. The number of benzene rings is 1.